The number of sulfonamides is 1. The standard InChI is InChI=1S/C16H25FN2O3S/c1-6-19(7-2)23(21,22)13-8-9-15(17)14(10-13)16(20)18-12(5)11(3)4/h8-12H,6-7H2,1-5H3,(H,18,20). The van der Waals surface area contributed by atoms with Crippen molar-refractivity contribution >= 4 is 15.9 Å². The van der Waals surface area contributed by atoms with Crippen LogP contribution in [-0.4, -0.2) is 37.8 Å². The molecule has 0 aliphatic heterocycles. The molecule has 130 valence electrons. The van der Waals surface area contributed by atoms with Gasteiger partial charge in [0, 0.05) is 19.1 Å². The molecule has 0 bridgehead atoms. The molecule has 0 aliphatic carbocycles. The van der Waals surface area contributed by atoms with E-state index >= 15 is 0 Å². The molecule has 5 nitrogen and oxygen atoms in total. The maximum Gasteiger partial charge on any atom is 0.254 e. The highest BCUT2D eigenvalue weighted by Crippen LogP contribution is 2.19. The predicted molar refractivity (Wildman–Crippen MR) is 88.3 cm³/mol. The monoisotopic (exact) mass is 344 g/mol. The van der Waals surface area contributed by atoms with Gasteiger partial charge in [0.2, 0.25) is 10.0 Å². The SMILES string of the molecule is CCN(CC)S(=O)(=O)c1ccc(F)c(C(=O)NC(C)C(C)C)c1. The third-order valence-corrected chi connectivity index (χ3v) is 5.93. The van der Waals surface area contributed by atoms with E-state index < -0.39 is 21.7 Å². The summed E-state index contributed by atoms with van der Waals surface area (Å²) >= 11 is 0. The summed E-state index contributed by atoms with van der Waals surface area (Å²) in [4.78, 5) is 12.1. The van der Waals surface area contributed by atoms with Crippen molar-refractivity contribution in [3.05, 3.63) is 29.6 Å². The van der Waals surface area contributed by atoms with Gasteiger partial charge in [0.1, 0.15) is 5.82 Å². The maximum atomic E-state index is 14.0. The van der Waals surface area contributed by atoms with Gasteiger partial charge >= 0.3 is 0 Å². The minimum Gasteiger partial charge on any atom is -0.349 e. The molecule has 0 aromatic heterocycles. The first kappa shape index (κ1) is 19.6. The van der Waals surface area contributed by atoms with Gasteiger partial charge in [-0.25, -0.2) is 12.8 Å². The molecule has 0 saturated carbocycles. The van der Waals surface area contributed by atoms with E-state index in [-0.39, 0.29) is 22.4 Å². The summed E-state index contributed by atoms with van der Waals surface area (Å²) in [5, 5.41) is 2.68. The third-order valence-electron chi connectivity index (χ3n) is 3.88. The van der Waals surface area contributed by atoms with Crippen LogP contribution in [0.15, 0.2) is 23.1 Å². The van der Waals surface area contributed by atoms with Gasteiger partial charge in [0.25, 0.3) is 5.91 Å². The molecular formula is C16H25FN2O3S. The number of rotatable bonds is 7. The Kier molecular flexibility index (Phi) is 6.70. The lowest BCUT2D eigenvalue weighted by Gasteiger charge is -2.20. The van der Waals surface area contributed by atoms with Crippen LogP contribution in [0, 0.1) is 11.7 Å². The highest BCUT2D eigenvalue weighted by atomic mass is 32.2. The summed E-state index contributed by atoms with van der Waals surface area (Å²) in [7, 11) is -3.73. The molecule has 23 heavy (non-hydrogen) atoms. The maximum absolute atomic E-state index is 14.0. The number of halogens is 1. The lowest BCUT2D eigenvalue weighted by Crippen LogP contribution is -2.36. The van der Waals surface area contributed by atoms with Crippen molar-refractivity contribution in [3.8, 4) is 0 Å². The lowest BCUT2D eigenvalue weighted by molar-refractivity contribution is 0.0926. The number of hydrogen-bond donors (Lipinski definition) is 1. The highest BCUT2D eigenvalue weighted by molar-refractivity contribution is 7.89. The van der Waals surface area contributed by atoms with Gasteiger partial charge in [-0.2, -0.15) is 4.31 Å². The van der Waals surface area contributed by atoms with Crippen molar-refractivity contribution < 1.29 is 17.6 Å². The van der Waals surface area contributed by atoms with Crippen LogP contribution in [-0.2, 0) is 10.0 Å². The number of nitrogens with zero attached hydrogens (tertiary/aromatic N) is 1. The second-order valence-electron chi connectivity index (χ2n) is 5.74. The largest absolute Gasteiger partial charge is 0.349 e. The van der Waals surface area contributed by atoms with Crippen LogP contribution in [0.3, 0.4) is 0 Å². The minimum atomic E-state index is -3.73. The zero-order valence-electron chi connectivity index (χ0n) is 14.3. The van der Waals surface area contributed by atoms with Gasteiger partial charge in [0.05, 0.1) is 10.5 Å². The number of benzene rings is 1. The van der Waals surface area contributed by atoms with Gasteiger partial charge in [-0.3, -0.25) is 4.79 Å². The fraction of sp³-hybridized carbons (Fsp3) is 0.562. The fourth-order valence-electron chi connectivity index (χ4n) is 2.00. The summed E-state index contributed by atoms with van der Waals surface area (Å²) in [6.07, 6.45) is 0. The molecule has 0 heterocycles. The van der Waals surface area contributed by atoms with Crippen LogP contribution >= 0.6 is 0 Å². The first-order chi connectivity index (χ1) is 10.6. The van der Waals surface area contributed by atoms with Gasteiger partial charge < -0.3 is 5.32 Å². The second-order valence-corrected chi connectivity index (χ2v) is 7.68. The number of carbonyl (C=O) groups is 1. The Balaban J connectivity index is 3.21. The molecule has 0 saturated heterocycles. The van der Waals surface area contributed by atoms with Crippen LogP contribution in [0.4, 0.5) is 4.39 Å². The van der Waals surface area contributed by atoms with Gasteiger partial charge in [-0.1, -0.05) is 27.7 Å². The van der Waals surface area contributed by atoms with Crippen molar-refractivity contribution in [2.45, 2.75) is 45.6 Å². The Morgan fingerprint density at radius 3 is 2.26 bits per heavy atom. The molecule has 0 fully saturated rings. The van der Waals surface area contributed by atoms with Crippen LogP contribution in [0.25, 0.3) is 0 Å². The summed E-state index contributed by atoms with van der Waals surface area (Å²) in [6.45, 7) is 9.75. The van der Waals surface area contributed by atoms with E-state index in [2.05, 4.69) is 5.32 Å². The van der Waals surface area contributed by atoms with E-state index in [4.69, 9.17) is 0 Å². The zero-order valence-corrected chi connectivity index (χ0v) is 15.1. The minimum absolute atomic E-state index is 0.0787. The number of carbonyl (C=O) groups excluding carboxylic acids is 1. The Labute approximate surface area is 137 Å². The zero-order chi connectivity index (χ0) is 17.8. The predicted octanol–water partition coefficient (Wildman–Crippen LogP) is 2.63. The van der Waals surface area contributed by atoms with Gasteiger partial charge in [0.15, 0.2) is 0 Å². The molecule has 1 N–H and O–H groups in total. The molecule has 7 heteroatoms. The van der Waals surface area contributed by atoms with Crippen molar-refractivity contribution in [1.29, 1.82) is 0 Å². The van der Waals surface area contributed by atoms with Crippen LogP contribution in [0.5, 0.6) is 0 Å². The van der Waals surface area contributed by atoms with E-state index in [0.29, 0.717) is 13.1 Å². The average molecular weight is 344 g/mol. The van der Waals surface area contributed by atoms with Crippen molar-refractivity contribution in [2.75, 3.05) is 13.1 Å². The van der Waals surface area contributed by atoms with Crippen LogP contribution in [0.2, 0.25) is 0 Å². The van der Waals surface area contributed by atoms with Crippen LogP contribution < -0.4 is 5.32 Å². The Hall–Kier alpha value is -1.47. The first-order valence-corrected chi connectivity index (χ1v) is 9.19. The lowest BCUT2D eigenvalue weighted by atomic mass is 10.1. The smallest absolute Gasteiger partial charge is 0.254 e. The quantitative estimate of drug-likeness (QED) is 0.827. The van der Waals surface area contributed by atoms with Gasteiger partial charge in [-0.05, 0) is 31.0 Å². The number of hydrogen-bond acceptors (Lipinski definition) is 3. The summed E-state index contributed by atoms with van der Waals surface area (Å²) in [5.41, 5.74) is -0.259. The number of nitrogens with one attached hydrogen (secondary N) is 1. The van der Waals surface area contributed by atoms with E-state index in [1.54, 1.807) is 13.8 Å². The van der Waals surface area contributed by atoms with Crippen molar-refractivity contribution in [1.82, 2.24) is 9.62 Å². The summed E-state index contributed by atoms with van der Waals surface area (Å²) < 4.78 is 40.2. The van der Waals surface area contributed by atoms with Crippen molar-refractivity contribution in [3.63, 3.8) is 0 Å². The Morgan fingerprint density at radius 2 is 1.78 bits per heavy atom. The van der Waals surface area contributed by atoms with E-state index in [1.807, 2.05) is 20.8 Å². The summed E-state index contributed by atoms with van der Waals surface area (Å²) in [6, 6.07) is 3.16. The fourth-order valence-corrected chi connectivity index (χ4v) is 3.49. The van der Waals surface area contributed by atoms with Crippen molar-refractivity contribution in [2.24, 2.45) is 5.92 Å². The molecule has 1 atom stereocenters. The molecule has 1 unspecified atom stereocenters. The van der Waals surface area contributed by atoms with E-state index in [9.17, 15) is 17.6 Å². The molecule has 0 aliphatic rings. The molecular weight excluding hydrogens is 319 g/mol. The molecule has 0 spiro atoms. The Bertz CT molecular complexity index is 655. The molecule has 1 amide bonds. The normalized spacial score (nSPS) is 13.4. The van der Waals surface area contributed by atoms with E-state index in [0.717, 1.165) is 12.1 Å². The average Bonchev–Trinajstić information content (AvgIpc) is 2.48. The number of amides is 1. The Morgan fingerprint density at radius 1 is 1.22 bits per heavy atom. The summed E-state index contributed by atoms with van der Waals surface area (Å²) in [5.74, 6) is -1.16. The molecule has 0 radical (unpaired) electrons. The first-order valence-electron chi connectivity index (χ1n) is 7.75. The van der Waals surface area contributed by atoms with E-state index in [1.165, 1.54) is 10.4 Å². The topological polar surface area (TPSA) is 66.5 Å². The molecule has 1 aromatic carbocycles. The van der Waals surface area contributed by atoms with Gasteiger partial charge in [-0.15, -0.1) is 0 Å². The molecule has 1 aromatic rings. The second kappa shape index (κ2) is 7.88. The molecule has 1 rings (SSSR count). The third kappa shape index (κ3) is 4.51. The van der Waals surface area contributed by atoms with Crippen LogP contribution in [0.1, 0.15) is 45.0 Å². The highest BCUT2D eigenvalue weighted by Gasteiger charge is 2.24.